The maximum absolute atomic E-state index is 13.9. The third kappa shape index (κ3) is 1.98. The molecule has 0 saturated heterocycles. The zero-order chi connectivity index (χ0) is 13.4. The molecule has 0 radical (unpaired) electrons. The van der Waals surface area contributed by atoms with E-state index < -0.39 is 11.6 Å². The molecule has 3 rings (SSSR count). The molecule has 1 aliphatic heterocycles. The number of hydrogen-bond acceptors (Lipinski definition) is 2. The normalized spacial score (nSPS) is 17.1. The van der Waals surface area contributed by atoms with Crippen LogP contribution < -0.4 is 10.5 Å². The van der Waals surface area contributed by atoms with Crippen LogP contribution in [0.5, 0.6) is 5.75 Å². The van der Waals surface area contributed by atoms with Gasteiger partial charge in [0.1, 0.15) is 11.9 Å². The Morgan fingerprint density at radius 3 is 2.63 bits per heavy atom. The molecular weight excluding hydrogens is 248 g/mol. The summed E-state index contributed by atoms with van der Waals surface area (Å²) in [6, 6.07) is 9.61. The first-order chi connectivity index (χ1) is 9.20. The summed E-state index contributed by atoms with van der Waals surface area (Å²) < 4.78 is 32.9. The third-order valence-electron chi connectivity index (χ3n) is 3.33. The second kappa shape index (κ2) is 4.63. The van der Waals surface area contributed by atoms with Gasteiger partial charge < -0.3 is 10.5 Å². The topological polar surface area (TPSA) is 35.2 Å². The van der Waals surface area contributed by atoms with Crippen molar-refractivity contribution in [2.75, 3.05) is 6.54 Å². The average Bonchev–Trinajstić information content (AvgIpc) is 2.85. The first kappa shape index (κ1) is 12.1. The predicted octanol–water partition coefficient (Wildman–Crippen LogP) is 2.89. The Labute approximate surface area is 109 Å². The Morgan fingerprint density at radius 2 is 1.84 bits per heavy atom. The summed E-state index contributed by atoms with van der Waals surface area (Å²) in [6.45, 7) is 0.403. The monoisotopic (exact) mass is 261 g/mol. The number of para-hydroxylation sites is 1. The number of benzene rings is 2. The molecule has 0 amide bonds. The molecule has 0 bridgehead atoms. The molecule has 1 aliphatic rings. The second-order valence-corrected chi connectivity index (χ2v) is 4.57. The molecular formula is C15H13F2NO. The van der Waals surface area contributed by atoms with E-state index >= 15 is 0 Å². The maximum Gasteiger partial charge on any atom is 0.166 e. The number of halogens is 2. The van der Waals surface area contributed by atoms with Gasteiger partial charge in [-0.2, -0.15) is 0 Å². The van der Waals surface area contributed by atoms with Crippen molar-refractivity contribution >= 4 is 0 Å². The van der Waals surface area contributed by atoms with E-state index in [2.05, 4.69) is 0 Å². The Bertz CT molecular complexity index is 628. The SMILES string of the molecule is NCC1Cc2cccc(-c3cccc(F)c3F)c2O1. The number of fused-ring (bicyclic) bond motifs is 1. The number of rotatable bonds is 2. The van der Waals surface area contributed by atoms with E-state index in [1.54, 1.807) is 12.1 Å². The van der Waals surface area contributed by atoms with Crippen LogP contribution in [-0.2, 0) is 6.42 Å². The van der Waals surface area contributed by atoms with Crippen LogP contribution in [0.2, 0.25) is 0 Å². The second-order valence-electron chi connectivity index (χ2n) is 4.57. The average molecular weight is 261 g/mol. The van der Waals surface area contributed by atoms with Gasteiger partial charge in [-0.3, -0.25) is 0 Å². The highest BCUT2D eigenvalue weighted by Crippen LogP contribution is 2.39. The molecule has 4 heteroatoms. The molecule has 98 valence electrons. The summed E-state index contributed by atoms with van der Waals surface area (Å²) in [7, 11) is 0. The fraction of sp³-hybridized carbons (Fsp3) is 0.200. The van der Waals surface area contributed by atoms with Gasteiger partial charge >= 0.3 is 0 Å². The molecule has 2 aromatic carbocycles. The van der Waals surface area contributed by atoms with Crippen molar-refractivity contribution < 1.29 is 13.5 Å². The Balaban J connectivity index is 2.13. The minimum Gasteiger partial charge on any atom is -0.488 e. The first-order valence-electron chi connectivity index (χ1n) is 6.13. The van der Waals surface area contributed by atoms with Gasteiger partial charge in [0.05, 0.1) is 0 Å². The highest BCUT2D eigenvalue weighted by Gasteiger charge is 2.25. The summed E-state index contributed by atoms with van der Waals surface area (Å²) in [5.74, 6) is -1.10. The van der Waals surface area contributed by atoms with Crippen molar-refractivity contribution in [3.63, 3.8) is 0 Å². The molecule has 2 aromatic rings. The van der Waals surface area contributed by atoms with Gasteiger partial charge in [-0.25, -0.2) is 8.78 Å². The Kier molecular flexibility index (Phi) is 2.95. The highest BCUT2D eigenvalue weighted by atomic mass is 19.2. The fourth-order valence-corrected chi connectivity index (χ4v) is 2.39. The smallest absolute Gasteiger partial charge is 0.166 e. The Hall–Kier alpha value is -1.94. The van der Waals surface area contributed by atoms with Crippen LogP contribution in [-0.4, -0.2) is 12.6 Å². The van der Waals surface area contributed by atoms with Gasteiger partial charge in [0.25, 0.3) is 0 Å². The predicted molar refractivity (Wildman–Crippen MR) is 69.0 cm³/mol. The van der Waals surface area contributed by atoms with E-state index in [0.29, 0.717) is 24.3 Å². The van der Waals surface area contributed by atoms with Crippen LogP contribution in [0.1, 0.15) is 5.56 Å². The summed E-state index contributed by atoms with van der Waals surface area (Å²) >= 11 is 0. The lowest BCUT2D eigenvalue weighted by molar-refractivity contribution is 0.242. The molecule has 1 heterocycles. The van der Waals surface area contributed by atoms with Gasteiger partial charge in [0, 0.05) is 24.1 Å². The van der Waals surface area contributed by atoms with E-state index in [0.717, 1.165) is 11.6 Å². The number of nitrogens with two attached hydrogens (primary N) is 1. The van der Waals surface area contributed by atoms with E-state index in [1.165, 1.54) is 6.07 Å². The molecule has 1 unspecified atom stereocenters. The molecule has 0 saturated carbocycles. The van der Waals surface area contributed by atoms with Gasteiger partial charge in [-0.05, 0) is 11.6 Å². The van der Waals surface area contributed by atoms with Crippen LogP contribution in [0.25, 0.3) is 11.1 Å². The standard InChI is InChI=1S/C15H13F2NO/c16-13-6-2-4-11(14(13)17)12-5-1-3-9-7-10(8-18)19-15(9)12/h1-6,10H,7-8,18H2. The first-order valence-corrected chi connectivity index (χ1v) is 6.13. The van der Waals surface area contributed by atoms with Crippen LogP contribution in [0, 0.1) is 11.6 Å². The van der Waals surface area contributed by atoms with Crippen molar-refractivity contribution in [2.45, 2.75) is 12.5 Å². The number of hydrogen-bond donors (Lipinski definition) is 1. The molecule has 2 N–H and O–H groups in total. The summed E-state index contributed by atoms with van der Waals surface area (Å²) in [4.78, 5) is 0. The lowest BCUT2D eigenvalue weighted by Crippen LogP contribution is -2.24. The van der Waals surface area contributed by atoms with Gasteiger partial charge in [-0.15, -0.1) is 0 Å². The lowest BCUT2D eigenvalue weighted by atomic mass is 10.00. The van der Waals surface area contributed by atoms with Crippen molar-refractivity contribution in [2.24, 2.45) is 5.73 Å². The van der Waals surface area contributed by atoms with E-state index in [9.17, 15) is 8.78 Å². The minimum atomic E-state index is -0.858. The molecule has 0 aromatic heterocycles. The lowest BCUT2D eigenvalue weighted by Gasteiger charge is -2.11. The Morgan fingerprint density at radius 1 is 1.11 bits per heavy atom. The van der Waals surface area contributed by atoms with Crippen molar-refractivity contribution in [1.29, 1.82) is 0 Å². The van der Waals surface area contributed by atoms with E-state index in [1.807, 2.05) is 12.1 Å². The van der Waals surface area contributed by atoms with Gasteiger partial charge in [0.15, 0.2) is 11.6 Å². The largest absolute Gasteiger partial charge is 0.488 e. The van der Waals surface area contributed by atoms with E-state index in [-0.39, 0.29) is 11.7 Å². The fourth-order valence-electron chi connectivity index (χ4n) is 2.39. The molecule has 0 spiro atoms. The molecule has 0 fully saturated rings. The van der Waals surface area contributed by atoms with Gasteiger partial charge in [-0.1, -0.05) is 30.3 Å². The minimum absolute atomic E-state index is 0.0900. The van der Waals surface area contributed by atoms with Gasteiger partial charge in [0.2, 0.25) is 0 Å². The number of ether oxygens (including phenoxy) is 1. The molecule has 19 heavy (non-hydrogen) atoms. The zero-order valence-corrected chi connectivity index (χ0v) is 10.2. The summed E-state index contributed by atoms with van der Waals surface area (Å²) in [6.07, 6.45) is 0.615. The zero-order valence-electron chi connectivity index (χ0n) is 10.2. The molecule has 2 nitrogen and oxygen atoms in total. The van der Waals surface area contributed by atoms with Crippen LogP contribution >= 0.6 is 0 Å². The van der Waals surface area contributed by atoms with Crippen LogP contribution in [0.4, 0.5) is 8.78 Å². The van der Waals surface area contributed by atoms with E-state index in [4.69, 9.17) is 10.5 Å². The highest BCUT2D eigenvalue weighted by molar-refractivity contribution is 5.73. The third-order valence-corrected chi connectivity index (χ3v) is 3.33. The van der Waals surface area contributed by atoms with Crippen LogP contribution in [0.3, 0.4) is 0 Å². The van der Waals surface area contributed by atoms with Crippen molar-refractivity contribution in [3.05, 3.63) is 53.6 Å². The summed E-state index contributed by atoms with van der Waals surface area (Å²) in [5.41, 5.74) is 7.37. The maximum atomic E-state index is 13.9. The van der Waals surface area contributed by atoms with Crippen LogP contribution in [0.15, 0.2) is 36.4 Å². The quantitative estimate of drug-likeness (QED) is 0.902. The van der Waals surface area contributed by atoms with Crippen molar-refractivity contribution in [1.82, 2.24) is 0 Å². The molecule has 1 atom stereocenters. The van der Waals surface area contributed by atoms with Crippen molar-refractivity contribution in [3.8, 4) is 16.9 Å². The summed E-state index contributed by atoms with van der Waals surface area (Å²) in [5, 5.41) is 0. The molecule has 0 aliphatic carbocycles.